The van der Waals surface area contributed by atoms with Gasteiger partial charge in [-0.3, -0.25) is 9.59 Å². The third kappa shape index (κ3) is 4.73. The molecule has 1 saturated carbocycles. The van der Waals surface area contributed by atoms with Crippen LogP contribution in [0.3, 0.4) is 0 Å². The number of methoxy groups -OCH3 is 1. The van der Waals surface area contributed by atoms with E-state index >= 15 is 0 Å². The van der Waals surface area contributed by atoms with Crippen molar-refractivity contribution in [3.8, 4) is 5.75 Å². The number of carbonyl (C=O) groups is 2. The molecule has 0 aromatic heterocycles. The zero-order chi connectivity index (χ0) is 19.6. The number of para-hydroxylation sites is 1. The molecule has 0 spiro atoms. The summed E-state index contributed by atoms with van der Waals surface area (Å²) in [4.78, 5) is 24.1. The first-order valence-corrected chi connectivity index (χ1v) is 8.95. The fourth-order valence-corrected chi connectivity index (χ4v) is 3.51. The van der Waals surface area contributed by atoms with Crippen LogP contribution < -0.4 is 10.1 Å². The Kier molecular flexibility index (Phi) is 5.62. The number of hydrogen-bond acceptors (Lipinski definition) is 4. The highest BCUT2D eigenvalue weighted by Crippen LogP contribution is 2.40. The number of esters is 1. The molecule has 1 aliphatic carbocycles. The lowest BCUT2D eigenvalue weighted by Gasteiger charge is -2.34. The number of rotatable bonds is 6. The van der Waals surface area contributed by atoms with Gasteiger partial charge in [0.2, 0.25) is 12.0 Å². The number of hydrogen-bond donors (Lipinski definition) is 1. The summed E-state index contributed by atoms with van der Waals surface area (Å²) in [5, 5.41) is 2.61. The van der Waals surface area contributed by atoms with Crippen LogP contribution in [-0.2, 0) is 20.7 Å². The first kappa shape index (κ1) is 19.5. The van der Waals surface area contributed by atoms with Gasteiger partial charge in [0, 0.05) is 6.54 Å². The molecule has 0 radical (unpaired) electrons. The number of halogens is 3. The van der Waals surface area contributed by atoms with E-state index < -0.39 is 24.1 Å². The summed E-state index contributed by atoms with van der Waals surface area (Å²) < 4.78 is 50.1. The Morgan fingerprint density at radius 1 is 1.30 bits per heavy atom. The van der Waals surface area contributed by atoms with Crippen molar-refractivity contribution in [1.82, 2.24) is 5.32 Å². The van der Waals surface area contributed by atoms with Crippen LogP contribution in [-0.4, -0.2) is 37.8 Å². The molecule has 1 unspecified atom stereocenters. The van der Waals surface area contributed by atoms with Crippen molar-refractivity contribution in [2.75, 3.05) is 13.7 Å². The zero-order valence-corrected chi connectivity index (χ0v) is 14.9. The summed E-state index contributed by atoms with van der Waals surface area (Å²) in [5.41, 5.74) is 0.575. The molecule has 1 amide bonds. The van der Waals surface area contributed by atoms with E-state index in [-0.39, 0.29) is 37.0 Å². The molecule has 3 rings (SSSR count). The summed E-state index contributed by atoms with van der Waals surface area (Å²) in [7, 11) is 1.29. The third-order valence-corrected chi connectivity index (χ3v) is 5.17. The van der Waals surface area contributed by atoms with Crippen molar-refractivity contribution in [1.29, 1.82) is 0 Å². The molecule has 0 bridgehead atoms. The van der Waals surface area contributed by atoms with Crippen molar-refractivity contribution >= 4 is 11.9 Å². The predicted octanol–water partition coefficient (Wildman–Crippen LogP) is 2.87. The molecule has 148 valence electrons. The predicted molar refractivity (Wildman–Crippen MR) is 90.0 cm³/mol. The number of nitrogens with one attached hydrogen (secondary N) is 1. The third-order valence-electron chi connectivity index (χ3n) is 5.17. The van der Waals surface area contributed by atoms with E-state index in [2.05, 4.69) is 10.1 Å². The van der Waals surface area contributed by atoms with E-state index in [0.29, 0.717) is 11.5 Å². The highest BCUT2D eigenvalue weighted by Gasteiger charge is 2.51. The molecule has 1 aliphatic heterocycles. The molecule has 1 heterocycles. The molecule has 1 aromatic rings. The quantitative estimate of drug-likeness (QED) is 0.765. The smallest absolute Gasteiger partial charge is 0.426 e. The van der Waals surface area contributed by atoms with E-state index in [4.69, 9.17) is 4.74 Å². The summed E-state index contributed by atoms with van der Waals surface area (Å²) in [6.07, 6.45) is -4.85. The highest BCUT2D eigenvalue weighted by atomic mass is 19.4. The molecule has 1 fully saturated rings. The van der Waals surface area contributed by atoms with E-state index in [0.717, 1.165) is 12.8 Å². The van der Waals surface area contributed by atoms with Crippen LogP contribution in [0, 0.1) is 17.8 Å². The average Bonchev–Trinajstić information content (AvgIpc) is 3.47. The minimum absolute atomic E-state index is 0.0444. The van der Waals surface area contributed by atoms with E-state index in [1.165, 1.54) is 13.2 Å². The molecule has 5 nitrogen and oxygen atoms in total. The van der Waals surface area contributed by atoms with Gasteiger partial charge in [-0.1, -0.05) is 18.2 Å². The number of fused-ring (bicyclic) bond motifs is 1. The Bertz CT molecular complexity index is 702. The Labute approximate surface area is 155 Å². The topological polar surface area (TPSA) is 64.6 Å². The number of ether oxygens (including phenoxy) is 2. The SMILES string of the molecule is COC(=O)CC(CNC(=O)[C@@H]1Cc2ccccc2O[C@H]1C(F)(F)F)C1CC1. The average molecular weight is 385 g/mol. The van der Waals surface area contributed by atoms with Gasteiger partial charge in [-0.25, -0.2) is 0 Å². The Hall–Kier alpha value is -2.25. The molecular formula is C19H22F3NO4. The van der Waals surface area contributed by atoms with Crippen molar-refractivity contribution in [2.24, 2.45) is 17.8 Å². The summed E-state index contributed by atoms with van der Waals surface area (Å²) >= 11 is 0. The lowest BCUT2D eigenvalue weighted by atomic mass is 9.89. The number of alkyl halides is 3. The van der Waals surface area contributed by atoms with Gasteiger partial charge in [0.25, 0.3) is 0 Å². The van der Waals surface area contributed by atoms with Gasteiger partial charge >= 0.3 is 12.1 Å². The monoisotopic (exact) mass is 385 g/mol. The zero-order valence-electron chi connectivity index (χ0n) is 14.9. The number of amides is 1. The largest absolute Gasteiger partial charge is 0.480 e. The fraction of sp³-hybridized carbons (Fsp3) is 0.579. The Morgan fingerprint density at radius 3 is 2.63 bits per heavy atom. The van der Waals surface area contributed by atoms with E-state index in [1.807, 2.05) is 0 Å². The Balaban J connectivity index is 1.69. The second kappa shape index (κ2) is 7.78. The maximum Gasteiger partial charge on any atom is 0.426 e. The second-order valence-electron chi connectivity index (χ2n) is 7.12. The number of carbonyl (C=O) groups excluding carboxylic acids is 2. The molecular weight excluding hydrogens is 363 g/mol. The van der Waals surface area contributed by atoms with Gasteiger partial charge in [0.05, 0.1) is 19.4 Å². The van der Waals surface area contributed by atoms with Crippen LogP contribution in [0.25, 0.3) is 0 Å². The van der Waals surface area contributed by atoms with Gasteiger partial charge in [-0.15, -0.1) is 0 Å². The van der Waals surface area contributed by atoms with Crippen LogP contribution in [0.2, 0.25) is 0 Å². The summed E-state index contributed by atoms with van der Waals surface area (Å²) in [6.45, 7) is 0.154. The maximum atomic E-state index is 13.4. The second-order valence-corrected chi connectivity index (χ2v) is 7.12. The molecule has 3 atom stereocenters. The lowest BCUT2D eigenvalue weighted by Crippen LogP contribution is -2.51. The van der Waals surface area contributed by atoms with Gasteiger partial charge < -0.3 is 14.8 Å². The van der Waals surface area contributed by atoms with Crippen LogP contribution in [0.5, 0.6) is 5.75 Å². The molecule has 1 N–H and O–H groups in total. The standard InChI is InChI=1S/C19H22F3NO4/c1-26-16(24)9-13(11-6-7-11)10-23-18(25)14-8-12-4-2-3-5-15(12)27-17(14)19(20,21)22/h2-5,11,13-14,17H,6-10H2,1H3,(H,23,25)/t13?,14-,17-/m1/s1. The van der Waals surface area contributed by atoms with E-state index in [1.54, 1.807) is 18.2 Å². The Morgan fingerprint density at radius 2 is 2.00 bits per heavy atom. The van der Waals surface area contributed by atoms with E-state index in [9.17, 15) is 22.8 Å². The molecule has 2 aliphatic rings. The van der Waals surface area contributed by atoms with Crippen LogP contribution >= 0.6 is 0 Å². The van der Waals surface area contributed by atoms with Gasteiger partial charge in [-0.05, 0) is 42.7 Å². The van der Waals surface area contributed by atoms with Gasteiger partial charge in [-0.2, -0.15) is 13.2 Å². The normalized spacial score (nSPS) is 23.0. The van der Waals surface area contributed by atoms with Crippen molar-refractivity contribution < 1.29 is 32.2 Å². The van der Waals surface area contributed by atoms with Crippen LogP contribution in [0.1, 0.15) is 24.8 Å². The maximum absolute atomic E-state index is 13.4. The minimum atomic E-state index is -4.66. The molecule has 1 aromatic carbocycles. The fourth-order valence-electron chi connectivity index (χ4n) is 3.51. The molecule has 27 heavy (non-hydrogen) atoms. The van der Waals surface area contributed by atoms with Crippen molar-refractivity contribution in [3.05, 3.63) is 29.8 Å². The highest BCUT2D eigenvalue weighted by molar-refractivity contribution is 5.80. The molecule has 8 heteroatoms. The van der Waals surface area contributed by atoms with Gasteiger partial charge in [0.15, 0.2) is 0 Å². The van der Waals surface area contributed by atoms with Gasteiger partial charge in [0.1, 0.15) is 5.75 Å². The summed E-state index contributed by atoms with van der Waals surface area (Å²) in [6, 6.07) is 6.43. The first-order chi connectivity index (χ1) is 12.8. The van der Waals surface area contributed by atoms with Crippen molar-refractivity contribution in [3.63, 3.8) is 0 Å². The van der Waals surface area contributed by atoms with Crippen LogP contribution in [0.15, 0.2) is 24.3 Å². The first-order valence-electron chi connectivity index (χ1n) is 8.95. The lowest BCUT2D eigenvalue weighted by molar-refractivity contribution is -0.213. The van der Waals surface area contributed by atoms with Crippen molar-refractivity contribution in [2.45, 2.75) is 38.0 Å². The number of benzene rings is 1. The minimum Gasteiger partial charge on any atom is -0.480 e. The van der Waals surface area contributed by atoms with Crippen LogP contribution in [0.4, 0.5) is 13.2 Å². The summed E-state index contributed by atoms with van der Waals surface area (Å²) in [5.74, 6) is -2.12. The molecule has 0 saturated heterocycles.